The van der Waals surface area contributed by atoms with Crippen molar-refractivity contribution >= 4 is 75.6 Å². The van der Waals surface area contributed by atoms with E-state index in [0.29, 0.717) is 5.56 Å². The highest BCUT2D eigenvalue weighted by Crippen LogP contribution is 2.60. The molecular formula is C15H12Cl6O2. The van der Waals surface area contributed by atoms with Crippen LogP contribution >= 0.6 is 69.6 Å². The van der Waals surface area contributed by atoms with Gasteiger partial charge in [-0.2, -0.15) is 0 Å². The highest BCUT2D eigenvalue weighted by atomic mass is 35.5. The van der Waals surface area contributed by atoms with Gasteiger partial charge < -0.3 is 4.74 Å². The lowest BCUT2D eigenvalue weighted by atomic mass is 10.1. The average Bonchev–Trinajstić information content (AvgIpc) is 2.96. The quantitative estimate of drug-likeness (QED) is 0.377. The van der Waals surface area contributed by atoms with E-state index in [0.717, 1.165) is 0 Å². The average molecular weight is 437 g/mol. The number of hydrogen-bond donors (Lipinski definition) is 0. The fraction of sp³-hybridized carbons (Fsp3) is 0.400. The van der Waals surface area contributed by atoms with Gasteiger partial charge in [-0.25, -0.2) is 0 Å². The molecular weight excluding hydrogens is 425 g/mol. The van der Waals surface area contributed by atoms with Gasteiger partial charge in [-0.3, -0.25) is 4.79 Å². The molecule has 1 aliphatic rings. The fourth-order valence-electron chi connectivity index (χ4n) is 2.56. The Balaban J connectivity index is 2.11. The van der Waals surface area contributed by atoms with Crippen LogP contribution in [0.5, 0.6) is 0 Å². The van der Waals surface area contributed by atoms with Crippen molar-refractivity contribution < 1.29 is 9.53 Å². The summed E-state index contributed by atoms with van der Waals surface area (Å²) >= 11 is 35.4. The molecule has 0 aromatic heterocycles. The highest BCUT2D eigenvalue weighted by Gasteiger charge is 2.61. The third kappa shape index (κ3) is 4.05. The SMILES string of the molecule is CC1(C)C(C=C(Cl)Cl)C1C(=O)OCc1c(Cl)c(Cl)cc(Cl)c1Cl. The van der Waals surface area contributed by atoms with E-state index in [1.165, 1.54) is 6.07 Å². The smallest absolute Gasteiger partial charge is 0.310 e. The first-order valence-electron chi connectivity index (χ1n) is 6.58. The van der Waals surface area contributed by atoms with Gasteiger partial charge in [0.15, 0.2) is 0 Å². The third-order valence-corrected chi connectivity index (χ3v) is 5.94. The molecule has 0 N–H and O–H groups in total. The molecule has 2 atom stereocenters. The van der Waals surface area contributed by atoms with E-state index in [2.05, 4.69) is 0 Å². The Labute approximate surface area is 164 Å². The maximum absolute atomic E-state index is 12.3. The summed E-state index contributed by atoms with van der Waals surface area (Å²) in [6.07, 6.45) is 1.64. The maximum atomic E-state index is 12.3. The lowest BCUT2D eigenvalue weighted by molar-refractivity contribution is -0.147. The monoisotopic (exact) mass is 434 g/mol. The van der Waals surface area contributed by atoms with Gasteiger partial charge in [0.1, 0.15) is 11.1 Å². The van der Waals surface area contributed by atoms with Crippen LogP contribution in [0.15, 0.2) is 16.6 Å². The van der Waals surface area contributed by atoms with E-state index in [9.17, 15) is 4.79 Å². The Morgan fingerprint density at radius 3 is 2.17 bits per heavy atom. The minimum Gasteiger partial charge on any atom is -0.460 e. The summed E-state index contributed by atoms with van der Waals surface area (Å²) in [4.78, 5) is 12.3. The van der Waals surface area contributed by atoms with E-state index in [4.69, 9.17) is 74.3 Å². The molecule has 0 radical (unpaired) electrons. The molecule has 0 bridgehead atoms. The second kappa shape index (κ2) is 7.19. The molecule has 0 aliphatic heterocycles. The molecule has 2 rings (SSSR count). The molecule has 1 aromatic carbocycles. The standard InChI is InChI=1S/C15H12Cl6O2/c1-15(2)7(3-10(18)19)11(15)14(22)23-5-6-12(20)8(16)4-9(17)13(6)21/h3-4,7,11H,5H2,1-2H3. The molecule has 1 aliphatic carbocycles. The molecule has 2 nitrogen and oxygen atoms in total. The minimum atomic E-state index is -0.380. The maximum Gasteiger partial charge on any atom is 0.310 e. The van der Waals surface area contributed by atoms with Crippen LogP contribution in [0.4, 0.5) is 0 Å². The van der Waals surface area contributed by atoms with Crippen LogP contribution < -0.4 is 0 Å². The zero-order valence-corrected chi connectivity index (χ0v) is 16.6. The predicted octanol–water partition coefficient (Wildman–Crippen LogP) is 6.93. The molecule has 0 spiro atoms. The zero-order valence-electron chi connectivity index (χ0n) is 12.1. The normalized spacial score (nSPS) is 21.7. The zero-order chi connectivity index (χ0) is 17.5. The van der Waals surface area contributed by atoms with Crippen LogP contribution in [-0.4, -0.2) is 5.97 Å². The third-order valence-electron chi connectivity index (χ3n) is 4.03. The first-order chi connectivity index (χ1) is 10.6. The summed E-state index contributed by atoms with van der Waals surface area (Å²) in [5.41, 5.74) is 0.103. The van der Waals surface area contributed by atoms with E-state index >= 15 is 0 Å². The number of ether oxygens (including phenoxy) is 1. The van der Waals surface area contributed by atoms with Gasteiger partial charge in [-0.15, -0.1) is 0 Å². The largest absolute Gasteiger partial charge is 0.460 e. The Bertz CT molecular complexity index is 653. The van der Waals surface area contributed by atoms with Crippen molar-refractivity contribution in [1.82, 2.24) is 0 Å². The first kappa shape index (κ1) is 19.5. The lowest BCUT2D eigenvalue weighted by Crippen LogP contribution is -2.11. The number of halogens is 6. The Morgan fingerprint density at radius 2 is 1.70 bits per heavy atom. The van der Waals surface area contributed by atoms with Crippen LogP contribution in [0.2, 0.25) is 20.1 Å². The van der Waals surface area contributed by atoms with Crippen LogP contribution in [0, 0.1) is 17.3 Å². The van der Waals surface area contributed by atoms with Crippen molar-refractivity contribution in [2.75, 3.05) is 0 Å². The summed E-state index contributed by atoms with van der Waals surface area (Å²) in [6, 6.07) is 1.44. The first-order valence-corrected chi connectivity index (χ1v) is 8.85. The second-order valence-electron chi connectivity index (χ2n) is 5.84. The van der Waals surface area contributed by atoms with Crippen LogP contribution in [-0.2, 0) is 16.1 Å². The van der Waals surface area contributed by atoms with Gasteiger partial charge in [-0.05, 0) is 23.5 Å². The molecule has 8 heteroatoms. The summed E-state index contributed by atoms with van der Waals surface area (Å²) in [6.45, 7) is 3.76. The van der Waals surface area contributed by atoms with E-state index < -0.39 is 0 Å². The topological polar surface area (TPSA) is 26.3 Å². The van der Waals surface area contributed by atoms with E-state index in [-0.39, 0.29) is 54.4 Å². The molecule has 0 heterocycles. The summed E-state index contributed by atoms with van der Waals surface area (Å²) in [5.74, 6) is -0.787. The van der Waals surface area contributed by atoms with Crippen LogP contribution in [0.3, 0.4) is 0 Å². The fourth-order valence-corrected chi connectivity index (χ4v) is 3.79. The number of carbonyl (C=O) groups is 1. The highest BCUT2D eigenvalue weighted by molar-refractivity contribution is 6.55. The number of rotatable bonds is 4. The van der Waals surface area contributed by atoms with Gasteiger partial charge in [0, 0.05) is 5.56 Å². The predicted molar refractivity (Wildman–Crippen MR) is 96.8 cm³/mol. The van der Waals surface area contributed by atoms with Crippen molar-refractivity contribution in [3.05, 3.63) is 42.3 Å². The van der Waals surface area contributed by atoms with Gasteiger partial charge in [0.2, 0.25) is 0 Å². The second-order valence-corrected chi connectivity index (χ2v) is 8.41. The summed E-state index contributed by atoms with van der Waals surface area (Å²) in [7, 11) is 0. The molecule has 0 amide bonds. The van der Waals surface area contributed by atoms with Crippen LogP contribution in [0.25, 0.3) is 0 Å². The van der Waals surface area contributed by atoms with Crippen molar-refractivity contribution in [1.29, 1.82) is 0 Å². The molecule has 1 saturated carbocycles. The van der Waals surface area contributed by atoms with E-state index in [1.54, 1.807) is 6.08 Å². The summed E-state index contributed by atoms with van der Waals surface area (Å²) < 4.78 is 5.46. The number of allylic oxidation sites excluding steroid dienone is 1. The molecule has 2 unspecified atom stereocenters. The number of benzene rings is 1. The Morgan fingerprint density at radius 1 is 1.17 bits per heavy atom. The van der Waals surface area contributed by atoms with Crippen LogP contribution in [0.1, 0.15) is 19.4 Å². The number of esters is 1. The van der Waals surface area contributed by atoms with Crippen molar-refractivity contribution in [2.45, 2.75) is 20.5 Å². The Kier molecular flexibility index (Phi) is 6.10. The molecule has 0 saturated heterocycles. The Hall–Kier alpha value is 0.170. The number of hydrogen-bond acceptors (Lipinski definition) is 2. The van der Waals surface area contributed by atoms with Gasteiger partial charge >= 0.3 is 5.97 Å². The van der Waals surface area contributed by atoms with Gasteiger partial charge in [0.05, 0.1) is 26.0 Å². The minimum absolute atomic E-state index is 0.0751. The molecule has 23 heavy (non-hydrogen) atoms. The van der Waals surface area contributed by atoms with Crippen molar-refractivity contribution in [3.63, 3.8) is 0 Å². The lowest BCUT2D eigenvalue weighted by Gasteiger charge is -2.11. The number of carbonyl (C=O) groups excluding carboxylic acids is 1. The van der Waals surface area contributed by atoms with E-state index in [1.807, 2.05) is 13.8 Å². The van der Waals surface area contributed by atoms with Gasteiger partial charge in [-0.1, -0.05) is 83.5 Å². The molecule has 1 fully saturated rings. The van der Waals surface area contributed by atoms with Crippen molar-refractivity contribution in [3.8, 4) is 0 Å². The summed E-state index contributed by atoms with van der Waals surface area (Å²) in [5, 5.41) is 0.913. The molecule has 1 aromatic rings. The molecule has 126 valence electrons. The van der Waals surface area contributed by atoms with Crippen molar-refractivity contribution in [2.24, 2.45) is 17.3 Å². The van der Waals surface area contributed by atoms with Gasteiger partial charge in [0.25, 0.3) is 0 Å².